The zero-order chi connectivity index (χ0) is 20.1. The van der Waals surface area contributed by atoms with Gasteiger partial charge in [-0.3, -0.25) is 9.59 Å². The number of nitrogens with one attached hydrogen (secondary N) is 1. The lowest BCUT2D eigenvalue weighted by molar-refractivity contribution is -0.133. The van der Waals surface area contributed by atoms with Crippen molar-refractivity contribution in [3.63, 3.8) is 0 Å². The number of anilines is 1. The van der Waals surface area contributed by atoms with Crippen molar-refractivity contribution in [1.82, 2.24) is 4.90 Å². The minimum Gasteiger partial charge on any atom is -0.459 e. The van der Waals surface area contributed by atoms with Crippen molar-refractivity contribution in [2.45, 2.75) is 13.5 Å². The van der Waals surface area contributed by atoms with E-state index in [0.29, 0.717) is 22.0 Å². The average molecular weight is 418 g/mol. The molecule has 0 bridgehead atoms. The van der Waals surface area contributed by atoms with Crippen molar-refractivity contribution in [2.24, 2.45) is 0 Å². The van der Waals surface area contributed by atoms with Gasteiger partial charge in [-0.2, -0.15) is 0 Å². The Kier molecular flexibility index (Phi) is 6.27. The molecule has 0 aromatic carbocycles. The maximum Gasteiger partial charge on any atom is 0.349 e. The van der Waals surface area contributed by atoms with Gasteiger partial charge >= 0.3 is 5.97 Å². The van der Waals surface area contributed by atoms with E-state index in [1.807, 2.05) is 17.5 Å². The van der Waals surface area contributed by atoms with Gasteiger partial charge in [0, 0.05) is 11.9 Å². The van der Waals surface area contributed by atoms with Crippen LogP contribution in [0.3, 0.4) is 0 Å². The van der Waals surface area contributed by atoms with Gasteiger partial charge in [0.05, 0.1) is 17.8 Å². The van der Waals surface area contributed by atoms with Gasteiger partial charge in [0.15, 0.2) is 12.4 Å². The average Bonchev–Trinajstić information content (AvgIpc) is 3.41. The minimum absolute atomic E-state index is 0.176. The van der Waals surface area contributed by atoms with Crippen molar-refractivity contribution in [2.75, 3.05) is 19.0 Å². The van der Waals surface area contributed by atoms with E-state index < -0.39 is 11.9 Å². The molecule has 3 rings (SSSR count). The number of thiophene rings is 2. The molecule has 7 nitrogen and oxygen atoms in total. The number of ether oxygens (including phenoxy) is 1. The predicted octanol–water partition coefficient (Wildman–Crippen LogP) is 3.78. The second-order valence-electron chi connectivity index (χ2n) is 5.96. The summed E-state index contributed by atoms with van der Waals surface area (Å²) in [5.74, 6) is -1.12. The van der Waals surface area contributed by atoms with Gasteiger partial charge in [-0.15, -0.1) is 22.7 Å². The molecule has 9 heteroatoms. The largest absolute Gasteiger partial charge is 0.459 e. The molecule has 0 aliphatic heterocycles. The first-order valence-corrected chi connectivity index (χ1v) is 10.0. The first-order valence-electron chi connectivity index (χ1n) is 8.33. The quantitative estimate of drug-likeness (QED) is 0.590. The molecule has 0 spiro atoms. The van der Waals surface area contributed by atoms with Gasteiger partial charge in [-0.05, 0) is 42.1 Å². The third-order valence-electron chi connectivity index (χ3n) is 3.81. The molecule has 3 aromatic heterocycles. The van der Waals surface area contributed by atoms with E-state index in [-0.39, 0.29) is 18.3 Å². The summed E-state index contributed by atoms with van der Waals surface area (Å²) in [5, 5.41) is 5.10. The van der Waals surface area contributed by atoms with E-state index in [0.717, 1.165) is 16.2 Å². The van der Waals surface area contributed by atoms with Gasteiger partial charge in [0.25, 0.3) is 11.8 Å². The van der Waals surface area contributed by atoms with Gasteiger partial charge in [0.1, 0.15) is 4.88 Å². The van der Waals surface area contributed by atoms with E-state index in [1.54, 1.807) is 43.5 Å². The lowest BCUT2D eigenvalue weighted by Gasteiger charge is -2.16. The van der Waals surface area contributed by atoms with Crippen LogP contribution in [-0.4, -0.2) is 36.3 Å². The third kappa shape index (κ3) is 4.87. The Hall–Kier alpha value is -2.91. The molecular formula is C19H18N2O5S2. The Balaban J connectivity index is 1.54. The van der Waals surface area contributed by atoms with Crippen LogP contribution in [0.25, 0.3) is 0 Å². The highest BCUT2D eigenvalue weighted by molar-refractivity contribution is 7.18. The maximum atomic E-state index is 12.3. The number of carbonyl (C=O) groups excluding carboxylic acids is 3. The fraction of sp³-hybridized carbons (Fsp3) is 0.211. The molecule has 28 heavy (non-hydrogen) atoms. The number of hydrogen-bond acceptors (Lipinski definition) is 7. The Labute approximate surface area is 169 Å². The standard InChI is InChI=1S/C19H18N2O5S2/c1-12-9-15(20-18(23)14-6-3-7-25-14)28-17(12)19(24)26-11-16(22)21(2)10-13-5-4-8-27-13/h3-9H,10-11H2,1-2H3,(H,20,23). The molecule has 0 unspecified atom stereocenters. The predicted molar refractivity (Wildman–Crippen MR) is 107 cm³/mol. The highest BCUT2D eigenvalue weighted by Crippen LogP contribution is 2.28. The molecule has 0 radical (unpaired) electrons. The summed E-state index contributed by atoms with van der Waals surface area (Å²) in [6.45, 7) is 1.86. The van der Waals surface area contributed by atoms with Crippen LogP contribution >= 0.6 is 22.7 Å². The third-order valence-corrected chi connectivity index (χ3v) is 5.80. The first-order chi connectivity index (χ1) is 13.4. The highest BCUT2D eigenvalue weighted by Gasteiger charge is 2.19. The lowest BCUT2D eigenvalue weighted by atomic mass is 10.3. The topological polar surface area (TPSA) is 88.9 Å². The van der Waals surface area contributed by atoms with Crippen molar-refractivity contribution in [3.05, 3.63) is 63.1 Å². The Bertz CT molecular complexity index is 961. The summed E-state index contributed by atoms with van der Waals surface area (Å²) < 4.78 is 10.2. The second-order valence-corrected chi connectivity index (χ2v) is 8.04. The van der Waals surface area contributed by atoms with Crippen LogP contribution in [0.15, 0.2) is 46.4 Å². The van der Waals surface area contributed by atoms with Crippen LogP contribution in [0.2, 0.25) is 0 Å². The van der Waals surface area contributed by atoms with Crippen LogP contribution in [0.1, 0.15) is 30.7 Å². The van der Waals surface area contributed by atoms with Crippen LogP contribution in [-0.2, 0) is 16.1 Å². The molecule has 0 atom stereocenters. The monoisotopic (exact) mass is 418 g/mol. The van der Waals surface area contributed by atoms with E-state index in [4.69, 9.17) is 9.15 Å². The van der Waals surface area contributed by atoms with Crippen LogP contribution in [0.5, 0.6) is 0 Å². The van der Waals surface area contributed by atoms with Crippen LogP contribution in [0.4, 0.5) is 5.00 Å². The fourth-order valence-corrected chi connectivity index (χ4v) is 4.07. The van der Waals surface area contributed by atoms with Crippen LogP contribution in [0, 0.1) is 6.92 Å². The number of esters is 1. The zero-order valence-electron chi connectivity index (χ0n) is 15.3. The summed E-state index contributed by atoms with van der Waals surface area (Å²) in [6, 6.07) is 8.69. The van der Waals surface area contributed by atoms with E-state index in [2.05, 4.69) is 5.32 Å². The summed E-state index contributed by atoms with van der Waals surface area (Å²) in [4.78, 5) is 39.4. The second kappa shape index (κ2) is 8.85. The van der Waals surface area contributed by atoms with Crippen molar-refractivity contribution in [1.29, 1.82) is 0 Å². The number of aryl methyl sites for hydroxylation is 1. The van der Waals surface area contributed by atoms with Crippen LogP contribution < -0.4 is 5.32 Å². The molecule has 3 heterocycles. The van der Waals surface area contributed by atoms with E-state index >= 15 is 0 Å². The van der Waals surface area contributed by atoms with Gasteiger partial charge in [0.2, 0.25) is 0 Å². The fourth-order valence-electron chi connectivity index (χ4n) is 2.36. The van der Waals surface area contributed by atoms with Crippen molar-refractivity contribution >= 4 is 45.5 Å². The molecule has 0 aliphatic carbocycles. The number of hydrogen-bond donors (Lipinski definition) is 1. The Morgan fingerprint density at radius 3 is 2.75 bits per heavy atom. The number of rotatable bonds is 7. The van der Waals surface area contributed by atoms with Crippen molar-refractivity contribution in [3.8, 4) is 0 Å². The number of furan rings is 1. The molecule has 0 aliphatic rings. The number of nitrogens with zero attached hydrogens (tertiary/aromatic N) is 1. The van der Waals surface area contributed by atoms with Gasteiger partial charge < -0.3 is 19.4 Å². The molecule has 0 fully saturated rings. The molecule has 0 saturated carbocycles. The first kappa shape index (κ1) is 19.8. The molecule has 2 amide bonds. The Morgan fingerprint density at radius 1 is 1.25 bits per heavy atom. The van der Waals surface area contributed by atoms with E-state index in [9.17, 15) is 14.4 Å². The summed E-state index contributed by atoms with van der Waals surface area (Å²) in [5.41, 5.74) is 0.657. The lowest BCUT2D eigenvalue weighted by Crippen LogP contribution is -2.30. The maximum absolute atomic E-state index is 12.3. The molecular weight excluding hydrogens is 400 g/mol. The zero-order valence-corrected chi connectivity index (χ0v) is 16.9. The smallest absolute Gasteiger partial charge is 0.349 e. The molecule has 0 saturated heterocycles. The summed E-state index contributed by atoms with van der Waals surface area (Å²) in [7, 11) is 1.66. The highest BCUT2D eigenvalue weighted by atomic mass is 32.1. The Morgan fingerprint density at radius 2 is 2.07 bits per heavy atom. The molecule has 146 valence electrons. The number of amides is 2. The number of likely N-dealkylation sites (N-methyl/N-ethyl adjacent to an activating group) is 1. The van der Waals surface area contributed by atoms with Gasteiger partial charge in [-0.25, -0.2) is 4.79 Å². The molecule has 1 N–H and O–H groups in total. The van der Waals surface area contributed by atoms with E-state index in [1.165, 1.54) is 11.2 Å². The van der Waals surface area contributed by atoms with Gasteiger partial charge in [-0.1, -0.05) is 6.07 Å². The minimum atomic E-state index is -0.598. The SMILES string of the molecule is Cc1cc(NC(=O)c2ccco2)sc1C(=O)OCC(=O)N(C)Cc1cccs1. The molecule has 3 aromatic rings. The summed E-state index contributed by atoms with van der Waals surface area (Å²) >= 11 is 2.64. The van der Waals surface area contributed by atoms with Crippen molar-refractivity contribution < 1.29 is 23.5 Å². The number of carbonyl (C=O) groups is 3. The summed E-state index contributed by atoms with van der Waals surface area (Å²) in [6.07, 6.45) is 1.41. The normalized spacial score (nSPS) is 10.5.